The molecule has 0 aliphatic carbocycles. The first-order chi connectivity index (χ1) is 10.2. The second-order valence-corrected chi connectivity index (χ2v) is 7.93. The SMILES string of the molecule is Cc1nn(C)c(Cl)c1S(=O)(=O)NC[C@@H](C)N1CCN(C)CC1. The highest BCUT2D eigenvalue weighted by molar-refractivity contribution is 7.89. The predicted octanol–water partition coefficient (Wildman–Crippen LogP) is 0.296. The fourth-order valence-electron chi connectivity index (χ4n) is 2.61. The highest BCUT2D eigenvalue weighted by Crippen LogP contribution is 2.23. The average Bonchev–Trinajstić information content (AvgIpc) is 2.71. The Labute approximate surface area is 137 Å². The number of nitrogens with one attached hydrogen (secondary N) is 1. The van der Waals surface area contributed by atoms with Gasteiger partial charge in [0.1, 0.15) is 10.0 Å². The van der Waals surface area contributed by atoms with Gasteiger partial charge < -0.3 is 4.90 Å². The Hall–Kier alpha value is -0.670. The zero-order chi connectivity index (χ0) is 16.5. The van der Waals surface area contributed by atoms with Crippen LogP contribution in [0, 0.1) is 6.92 Å². The summed E-state index contributed by atoms with van der Waals surface area (Å²) in [7, 11) is 0.0737. The van der Waals surface area contributed by atoms with E-state index in [1.807, 2.05) is 6.92 Å². The highest BCUT2D eigenvalue weighted by Gasteiger charge is 2.26. The molecule has 0 amide bonds. The van der Waals surface area contributed by atoms with Crippen LogP contribution in [0.5, 0.6) is 0 Å². The summed E-state index contributed by atoms with van der Waals surface area (Å²) in [6, 6.07) is 0.138. The van der Waals surface area contributed by atoms with Crippen molar-refractivity contribution in [2.45, 2.75) is 24.8 Å². The van der Waals surface area contributed by atoms with Crippen LogP contribution < -0.4 is 4.72 Å². The van der Waals surface area contributed by atoms with Gasteiger partial charge >= 0.3 is 0 Å². The van der Waals surface area contributed by atoms with E-state index in [-0.39, 0.29) is 16.1 Å². The van der Waals surface area contributed by atoms with Crippen LogP contribution in [0.15, 0.2) is 4.90 Å². The van der Waals surface area contributed by atoms with E-state index in [4.69, 9.17) is 11.6 Å². The summed E-state index contributed by atoms with van der Waals surface area (Å²) in [5.74, 6) is 0. The van der Waals surface area contributed by atoms with Gasteiger partial charge in [-0.1, -0.05) is 11.6 Å². The number of piperazine rings is 1. The normalized spacial score (nSPS) is 19.5. The molecule has 22 heavy (non-hydrogen) atoms. The lowest BCUT2D eigenvalue weighted by molar-refractivity contribution is 0.120. The maximum atomic E-state index is 12.5. The number of sulfonamides is 1. The van der Waals surface area contributed by atoms with Crippen LogP contribution in [0.3, 0.4) is 0 Å². The number of hydrogen-bond donors (Lipinski definition) is 1. The van der Waals surface area contributed by atoms with Crippen LogP contribution in [-0.2, 0) is 17.1 Å². The number of aryl methyl sites for hydroxylation is 2. The van der Waals surface area contributed by atoms with Crippen LogP contribution in [0.2, 0.25) is 5.15 Å². The Morgan fingerprint density at radius 2 is 1.86 bits per heavy atom. The number of nitrogens with zero attached hydrogens (tertiary/aromatic N) is 4. The standard InChI is InChI=1S/C13H24ClN5O2S/c1-10(19-7-5-17(3)6-8-19)9-15-22(20,21)12-11(2)16-18(4)13(12)14/h10,15H,5-9H2,1-4H3/t10-/m1/s1. The van der Waals surface area contributed by atoms with Crippen molar-refractivity contribution in [3.8, 4) is 0 Å². The predicted molar refractivity (Wildman–Crippen MR) is 86.7 cm³/mol. The van der Waals surface area contributed by atoms with E-state index >= 15 is 0 Å². The molecule has 7 nitrogen and oxygen atoms in total. The van der Waals surface area contributed by atoms with Crippen molar-refractivity contribution in [2.75, 3.05) is 39.8 Å². The number of likely N-dealkylation sites (N-methyl/N-ethyl adjacent to an activating group) is 1. The molecule has 0 saturated carbocycles. The summed E-state index contributed by atoms with van der Waals surface area (Å²) in [4.78, 5) is 4.63. The van der Waals surface area contributed by atoms with Crippen molar-refractivity contribution in [2.24, 2.45) is 7.05 Å². The molecule has 1 saturated heterocycles. The molecular formula is C13H24ClN5O2S. The third-order valence-corrected chi connectivity index (χ3v) is 6.22. The zero-order valence-electron chi connectivity index (χ0n) is 13.5. The molecule has 1 aromatic heterocycles. The topological polar surface area (TPSA) is 70.5 Å². The summed E-state index contributed by atoms with van der Waals surface area (Å²) in [5.41, 5.74) is 0.409. The molecule has 1 atom stereocenters. The van der Waals surface area contributed by atoms with Gasteiger partial charge in [-0.2, -0.15) is 5.10 Å². The van der Waals surface area contributed by atoms with E-state index in [9.17, 15) is 8.42 Å². The average molecular weight is 350 g/mol. The van der Waals surface area contributed by atoms with Crippen molar-refractivity contribution in [1.82, 2.24) is 24.3 Å². The van der Waals surface area contributed by atoms with Crippen LogP contribution in [0.1, 0.15) is 12.6 Å². The van der Waals surface area contributed by atoms with Gasteiger partial charge in [-0.3, -0.25) is 9.58 Å². The molecule has 0 aromatic carbocycles. The minimum absolute atomic E-state index is 0.0715. The molecule has 1 aromatic rings. The number of rotatable bonds is 5. The van der Waals surface area contributed by atoms with Gasteiger partial charge in [-0.05, 0) is 20.9 Å². The van der Waals surface area contributed by atoms with E-state index in [2.05, 4.69) is 26.7 Å². The minimum atomic E-state index is -3.65. The van der Waals surface area contributed by atoms with Crippen molar-refractivity contribution < 1.29 is 8.42 Å². The molecule has 0 radical (unpaired) electrons. The molecule has 0 unspecified atom stereocenters. The van der Waals surface area contributed by atoms with Crippen LogP contribution in [0.4, 0.5) is 0 Å². The van der Waals surface area contributed by atoms with E-state index in [0.29, 0.717) is 12.2 Å². The van der Waals surface area contributed by atoms with Crippen molar-refractivity contribution in [1.29, 1.82) is 0 Å². The Kier molecular flexibility index (Phi) is 5.50. The molecule has 126 valence electrons. The molecule has 2 heterocycles. The molecular weight excluding hydrogens is 326 g/mol. The van der Waals surface area contributed by atoms with Crippen LogP contribution in [0.25, 0.3) is 0 Å². The van der Waals surface area contributed by atoms with Gasteiger partial charge in [0.25, 0.3) is 0 Å². The number of hydrogen-bond acceptors (Lipinski definition) is 5. The van der Waals surface area contributed by atoms with Crippen molar-refractivity contribution >= 4 is 21.6 Å². The number of halogens is 1. The Morgan fingerprint density at radius 3 is 2.36 bits per heavy atom. The molecule has 0 spiro atoms. The second kappa shape index (κ2) is 6.84. The third-order valence-electron chi connectivity index (χ3n) is 4.10. The molecule has 1 aliphatic heterocycles. The van der Waals surface area contributed by atoms with Gasteiger partial charge in [0, 0.05) is 45.8 Å². The maximum Gasteiger partial charge on any atom is 0.245 e. The van der Waals surface area contributed by atoms with E-state index in [1.54, 1.807) is 14.0 Å². The molecule has 9 heteroatoms. The second-order valence-electron chi connectivity index (χ2n) is 5.87. The van der Waals surface area contributed by atoms with Crippen LogP contribution in [-0.4, -0.2) is 73.8 Å². The minimum Gasteiger partial charge on any atom is -0.304 e. The first-order valence-electron chi connectivity index (χ1n) is 7.33. The lowest BCUT2D eigenvalue weighted by Gasteiger charge is -2.36. The van der Waals surface area contributed by atoms with Gasteiger partial charge in [-0.25, -0.2) is 13.1 Å². The third kappa shape index (κ3) is 3.80. The van der Waals surface area contributed by atoms with E-state index in [0.717, 1.165) is 26.2 Å². The van der Waals surface area contributed by atoms with Gasteiger partial charge in [0.05, 0.1) is 5.69 Å². The molecule has 2 rings (SSSR count). The highest BCUT2D eigenvalue weighted by atomic mass is 35.5. The van der Waals surface area contributed by atoms with Gasteiger partial charge in [0.2, 0.25) is 10.0 Å². The summed E-state index contributed by atoms with van der Waals surface area (Å²) in [5, 5.41) is 4.19. The number of aromatic nitrogens is 2. The summed E-state index contributed by atoms with van der Waals surface area (Å²) in [6.07, 6.45) is 0. The van der Waals surface area contributed by atoms with E-state index < -0.39 is 10.0 Å². The first-order valence-corrected chi connectivity index (χ1v) is 9.20. The van der Waals surface area contributed by atoms with Gasteiger partial charge in [0.15, 0.2) is 0 Å². The first kappa shape index (κ1) is 17.7. The quantitative estimate of drug-likeness (QED) is 0.827. The summed E-state index contributed by atoms with van der Waals surface area (Å²) < 4.78 is 28.9. The smallest absolute Gasteiger partial charge is 0.245 e. The Morgan fingerprint density at radius 1 is 1.27 bits per heavy atom. The maximum absolute atomic E-state index is 12.5. The van der Waals surface area contributed by atoms with Crippen molar-refractivity contribution in [3.63, 3.8) is 0 Å². The Balaban J connectivity index is 2.01. The zero-order valence-corrected chi connectivity index (χ0v) is 15.1. The fourth-order valence-corrected chi connectivity index (χ4v) is 4.48. The molecule has 0 bridgehead atoms. The summed E-state index contributed by atoms with van der Waals surface area (Å²) >= 11 is 6.04. The van der Waals surface area contributed by atoms with Gasteiger partial charge in [-0.15, -0.1) is 0 Å². The molecule has 1 N–H and O–H groups in total. The largest absolute Gasteiger partial charge is 0.304 e. The fraction of sp³-hybridized carbons (Fsp3) is 0.769. The van der Waals surface area contributed by atoms with E-state index in [1.165, 1.54) is 4.68 Å². The monoisotopic (exact) mass is 349 g/mol. The van der Waals surface area contributed by atoms with Crippen molar-refractivity contribution in [3.05, 3.63) is 10.8 Å². The molecule has 1 aliphatic rings. The lowest BCUT2D eigenvalue weighted by Crippen LogP contribution is -2.51. The molecule has 1 fully saturated rings. The summed E-state index contributed by atoms with van der Waals surface area (Å²) in [6.45, 7) is 7.94. The Bertz CT molecular complexity index is 623. The lowest BCUT2D eigenvalue weighted by atomic mass is 10.2. The van der Waals surface area contributed by atoms with Crippen LogP contribution >= 0.6 is 11.6 Å².